The van der Waals surface area contributed by atoms with Crippen LogP contribution in [0.25, 0.3) is 5.82 Å². The zero-order chi connectivity index (χ0) is 23.1. The van der Waals surface area contributed by atoms with Gasteiger partial charge in [-0.1, -0.05) is 20.8 Å². The van der Waals surface area contributed by atoms with Crippen LogP contribution in [0.1, 0.15) is 41.6 Å². The monoisotopic (exact) mass is 435 g/mol. The number of hydrogen-bond acceptors (Lipinski definition) is 6. The lowest BCUT2D eigenvalue weighted by Gasteiger charge is -2.17. The Morgan fingerprint density at radius 1 is 0.906 bits per heavy atom. The predicted molar refractivity (Wildman–Crippen MR) is 118 cm³/mol. The van der Waals surface area contributed by atoms with Gasteiger partial charge in [0.2, 0.25) is 5.91 Å². The SMILES string of the molecule is CC(C)(C)C(=O)Nc1ccc(C(=O)NCCNC(=O)c2ccc(-n3ccnc3)nn2)cc1. The number of imidazole rings is 1. The first-order chi connectivity index (χ1) is 15.2. The molecule has 1 aromatic carbocycles. The Hall–Kier alpha value is -4.08. The fourth-order valence-corrected chi connectivity index (χ4v) is 2.55. The van der Waals surface area contributed by atoms with E-state index in [0.29, 0.717) is 17.1 Å². The van der Waals surface area contributed by atoms with Gasteiger partial charge in [0.25, 0.3) is 11.8 Å². The number of nitrogens with one attached hydrogen (secondary N) is 3. The summed E-state index contributed by atoms with van der Waals surface area (Å²) in [5.74, 6) is -0.220. The summed E-state index contributed by atoms with van der Waals surface area (Å²) in [6.07, 6.45) is 4.93. The molecule has 0 saturated heterocycles. The number of carbonyl (C=O) groups excluding carboxylic acids is 3. The molecule has 0 saturated carbocycles. The van der Waals surface area contributed by atoms with Gasteiger partial charge < -0.3 is 16.0 Å². The minimum Gasteiger partial charge on any atom is -0.350 e. The van der Waals surface area contributed by atoms with Gasteiger partial charge in [-0.05, 0) is 36.4 Å². The molecular formula is C22H25N7O3. The Labute approximate surface area is 185 Å². The number of hydrogen-bond donors (Lipinski definition) is 3. The van der Waals surface area contributed by atoms with E-state index in [0.717, 1.165) is 0 Å². The van der Waals surface area contributed by atoms with Gasteiger partial charge in [0.1, 0.15) is 6.33 Å². The largest absolute Gasteiger partial charge is 0.350 e. The maximum atomic E-state index is 12.3. The van der Waals surface area contributed by atoms with E-state index in [-0.39, 0.29) is 36.5 Å². The highest BCUT2D eigenvalue weighted by atomic mass is 16.2. The van der Waals surface area contributed by atoms with Crippen molar-refractivity contribution >= 4 is 23.4 Å². The maximum absolute atomic E-state index is 12.3. The number of anilines is 1. The van der Waals surface area contributed by atoms with Crippen molar-refractivity contribution < 1.29 is 14.4 Å². The number of carbonyl (C=O) groups is 3. The molecule has 3 aromatic rings. The summed E-state index contributed by atoms with van der Waals surface area (Å²) in [6, 6.07) is 9.83. The highest BCUT2D eigenvalue weighted by Gasteiger charge is 2.21. The third-order valence-electron chi connectivity index (χ3n) is 4.43. The van der Waals surface area contributed by atoms with Crippen LogP contribution in [0, 0.1) is 5.41 Å². The van der Waals surface area contributed by atoms with Crippen LogP contribution in [-0.2, 0) is 4.79 Å². The summed E-state index contributed by atoms with van der Waals surface area (Å²) in [4.78, 5) is 40.4. The van der Waals surface area contributed by atoms with Crippen LogP contribution in [-0.4, -0.2) is 50.6 Å². The number of nitrogens with zero attached hydrogens (tertiary/aromatic N) is 4. The summed E-state index contributed by atoms with van der Waals surface area (Å²) in [6.45, 7) is 5.95. The molecule has 0 bridgehead atoms. The van der Waals surface area contributed by atoms with Crippen molar-refractivity contribution in [2.75, 3.05) is 18.4 Å². The first kappa shape index (κ1) is 22.6. The second kappa shape index (κ2) is 9.82. The highest BCUT2D eigenvalue weighted by molar-refractivity contribution is 5.97. The minimum atomic E-state index is -0.506. The van der Waals surface area contributed by atoms with Gasteiger partial charge in [0.05, 0.1) is 0 Å². The van der Waals surface area contributed by atoms with Crippen LogP contribution in [0.15, 0.2) is 55.1 Å². The summed E-state index contributed by atoms with van der Waals surface area (Å²) in [5, 5.41) is 16.1. The zero-order valence-corrected chi connectivity index (χ0v) is 18.1. The Morgan fingerprint density at radius 3 is 2.16 bits per heavy atom. The lowest BCUT2D eigenvalue weighted by molar-refractivity contribution is -0.123. The topological polar surface area (TPSA) is 131 Å². The fourth-order valence-electron chi connectivity index (χ4n) is 2.55. The molecule has 0 aliphatic rings. The van der Waals surface area contributed by atoms with E-state index >= 15 is 0 Å². The van der Waals surface area contributed by atoms with Crippen molar-refractivity contribution in [2.45, 2.75) is 20.8 Å². The molecule has 0 fully saturated rings. The van der Waals surface area contributed by atoms with Crippen molar-refractivity contribution in [1.82, 2.24) is 30.4 Å². The lowest BCUT2D eigenvalue weighted by Crippen LogP contribution is -2.35. The van der Waals surface area contributed by atoms with E-state index in [2.05, 4.69) is 31.1 Å². The number of aromatic nitrogens is 4. The quantitative estimate of drug-likeness (QED) is 0.485. The van der Waals surface area contributed by atoms with Crippen molar-refractivity contribution in [1.29, 1.82) is 0 Å². The van der Waals surface area contributed by atoms with Crippen molar-refractivity contribution in [3.05, 3.63) is 66.4 Å². The summed E-state index contributed by atoms with van der Waals surface area (Å²) in [7, 11) is 0. The molecule has 2 heterocycles. The molecule has 10 heteroatoms. The van der Waals surface area contributed by atoms with Crippen LogP contribution in [0.2, 0.25) is 0 Å². The smallest absolute Gasteiger partial charge is 0.271 e. The van der Waals surface area contributed by atoms with E-state index < -0.39 is 5.41 Å². The van der Waals surface area contributed by atoms with Gasteiger partial charge in [-0.2, -0.15) is 0 Å². The highest BCUT2D eigenvalue weighted by Crippen LogP contribution is 2.17. The van der Waals surface area contributed by atoms with Crippen LogP contribution >= 0.6 is 0 Å². The van der Waals surface area contributed by atoms with Gasteiger partial charge in [-0.15, -0.1) is 10.2 Å². The second-order valence-electron chi connectivity index (χ2n) is 8.04. The van der Waals surface area contributed by atoms with Crippen LogP contribution in [0.5, 0.6) is 0 Å². The summed E-state index contributed by atoms with van der Waals surface area (Å²) < 4.78 is 1.68. The van der Waals surface area contributed by atoms with E-state index in [1.54, 1.807) is 59.7 Å². The Balaban J connectivity index is 1.42. The van der Waals surface area contributed by atoms with E-state index in [1.807, 2.05) is 20.8 Å². The minimum absolute atomic E-state index is 0.105. The molecule has 0 aliphatic heterocycles. The van der Waals surface area contributed by atoms with E-state index in [9.17, 15) is 14.4 Å². The Morgan fingerprint density at radius 2 is 1.59 bits per heavy atom. The normalized spacial score (nSPS) is 11.0. The van der Waals surface area contributed by atoms with Crippen LogP contribution in [0.4, 0.5) is 5.69 Å². The molecule has 0 atom stereocenters. The third-order valence-corrected chi connectivity index (χ3v) is 4.43. The van der Waals surface area contributed by atoms with Crippen molar-refractivity contribution in [2.24, 2.45) is 5.41 Å². The predicted octanol–water partition coefficient (Wildman–Crippen LogP) is 1.81. The number of amides is 3. The first-order valence-corrected chi connectivity index (χ1v) is 10.0. The van der Waals surface area contributed by atoms with Crippen molar-refractivity contribution in [3.8, 4) is 5.82 Å². The van der Waals surface area contributed by atoms with Crippen molar-refractivity contribution in [3.63, 3.8) is 0 Å². The maximum Gasteiger partial charge on any atom is 0.271 e. The molecule has 166 valence electrons. The Bertz CT molecular complexity index is 1070. The number of rotatable bonds is 7. The third kappa shape index (κ3) is 5.97. The second-order valence-corrected chi connectivity index (χ2v) is 8.04. The molecule has 0 aliphatic carbocycles. The standard InChI is InChI=1S/C22H25N7O3/c1-22(2,3)21(32)26-16-6-4-15(5-7-16)19(30)24-10-11-25-20(31)17-8-9-18(28-27-17)29-13-12-23-14-29/h4-9,12-14H,10-11H2,1-3H3,(H,24,30)(H,25,31)(H,26,32). The molecule has 3 amide bonds. The fraction of sp³-hybridized carbons (Fsp3) is 0.273. The molecule has 0 radical (unpaired) electrons. The van der Waals surface area contributed by atoms with Gasteiger partial charge in [0.15, 0.2) is 11.5 Å². The first-order valence-electron chi connectivity index (χ1n) is 10.0. The molecule has 10 nitrogen and oxygen atoms in total. The zero-order valence-electron chi connectivity index (χ0n) is 18.1. The van der Waals surface area contributed by atoms with Gasteiger partial charge in [0, 0.05) is 42.1 Å². The van der Waals surface area contributed by atoms with Crippen LogP contribution in [0.3, 0.4) is 0 Å². The summed E-state index contributed by atoms with van der Waals surface area (Å²) >= 11 is 0. The van der Waals surface area contributed by atoms with Gasteiger partial charge in [-0.25, -0.2) is 4.98 Å². The number of benzene rings is 1. The molecule has 2 aromatic heterocycles. The summed E-state index contributed by atoms with van der Waals surface area (Å²) in [5.41, 5.74) is 0.738. The van der Waals surface area contributed by atoms with Crippen LogP contribution < -0.4 is 16.0 Å². The molecule has 3 N–H and O–H groups in total. The molecular weight excluding hydrogens is 410 g/mol. The molecule has 32 heavy (non-hydrogen) atoms. The molecule has 0 unspecified atom stereocenters. The van der Waals surface area contributed by atoms with Gasteiger partial charge >= 0.3 is 0 Å². The Kier molecular flexibility index (Phi) is 6.93. The molecule has 0 spiro atoms. The molecule has 3 rings (SSSR count). The van der Waals surface area contributed by atoms with E-state index in [1.165, 1.54) is 0 Å². The lowest BCUT2D eigenvalue weighted by atomic mass is 9.95. The average molecular weight is 435 g/mol. The van der Waals surface area contributed by atoms with Gasteiger partial charge in [-0.3, -0.25) is 19.0 Å². The van der Waals surface area contributed by atoms with E-state index in [4.69, 9.17) is 0 Å². The average Bonchev–Trinajstić information content (AvgIpc) is 3.31.